The smallest absolute Gasteiger partial charge is 0.0880 e. The van der Waals surface area contributed by atoms with Gasteiger partial charge in [-0.25, -0.2) is 4.68 Å². The van der Waals surface area contributed by atoms with E-state index in [1.54, 1.807) is 4.68 Å². The number of hydrogen-bond acceptors (Lipinski definition) is 4. The van der Waals surface area contributed by atoms with E-state index in [2.05, 4.69) is 57.2 Å². The minimum Gasteiger partial charge on any atom is -0.390 e. The Labute approximate surface area is 110 Å². The van der Waals surface area contributed by atoms with Gasteiger partial charge in [0.25, 0.3) is 0 Å². The molecule has 0 saturated carbocycles. The Bertz CT molecular complexity index is 373. The highest BCUT2D eigenvalue weighted by Crippen LogP contribution is 2.18. The second kappa shape index (κ2) is 5.36. The normalized spacial score (nSPS) is 14.8. The monoisotopic (exact) mass is 254 g/mol. The van der Waals surface area contributed by atoms with Crippen LogP contribution in [-0.4, -0.2) is 38.3 Å². The molecule has 1 rings (SSSR count). The molecule has 2 N–H and O–H groups in total. The number of rotatable bonds is 4. The molecule has 0 aliphatic heterocycles. The Morgan fingerprint density at radius 1 is 1.28 bits per heavy atom. The van der Waals surface area contributed by atoms with Crippen molar-refractivity contribution in [1.29, 1.82) is 0 Å². The number of aliphatic hydroxyl groups is 1. The molecule has 1 aromatic rings. The number of hydrogen-bond donors (Lipinski definition) is 2. The highest BCUT2D eigenvalue weighted by Gasteiger charge is 2.19. The lowest BCUT2D eigenvalue weighted by atomic mass is 9.93. The fourth-order valence-corrected chi connectivity index (χ4v) is 1.44. The van der Waals surface area contributed by atoms with E-state index in [1.807, 2.05) is 6.20 Å². The maximum Gasteiger partial charge on any atom is 0.0880 e. The topological polar surface area (TPSA) is 63.0 Å². The minimum atomic E-state index is -0.459. The first-order valence-electron chi connectivity index (χ1n) is 6.41. The summed E-state index contributed by atoms with van der Waals surface area (Å²) in [7, 11) is 0. The molecule has 0 amide bonds. The van der Waals surface area contributed by atoms with Crippen molar-refractivity contribution in [1.82, 2.24) is 20.3 Å². The molecule has 5 heteroatoms. The third-order valence-corrected chi connectivity index (χ3v) is 2.57. The van der Waals surface area contributed by atoms with Crippen molar-refractivity contribution in [3.8, 4) is 0 Å². The van der Waals surface area contributed by atoms with Crippen LogP contribution in [0, 0.1) is 0 Å². The summed E-state index contributed by atoms with van der Waals surface area (Å²) in [5.74, 6) is 0. The van der Waals surface area contributed by atoms with Gasteiger partial charge in [0.05, 0.1) is 18.3 Å². The largest absolute Gasteiger partial charge is 0.390 e. The molecule has 0 spiro atoms. The summed E-state index contributed by atoms with van der Waals surface area (Å²) >= 11 is 0. The lowest BCUT2D eigenvalue weighted by Crippen LogP contribution is -2.42. The maximum atomic E-state index is 9.93. The fourth-order valence-electron chi connectivity index (χ4n) is 1.44. The lowest BCUT2D eigenvalue weighted by molar-refractivity contribution is 0.137. The molecule has 0 aliphatic carbocycles. The van der Waals surface area contributed by atoms with Gasteiger partial charge in [0.2, 0.25) is 0 Å². The van der Waals surface area contributed by atoms with Crippen LogP contribution in [0.2, 0.25) is 0 Å². The molecule has 104 valence electrons. The highest BCUT2D eigenvalue weighted by atomic mass is 16.3. The van der Waals surface area contributed by atoms with Gasteiger partial charge in [-0.3, -0.25) is 0 Å². The van der Waals surface area contributed by atoms with Crippen molar-refractivity contribution in [3.05, 3.63) is 11.9 Å². The number of aromatic nitrogens is 3. The standard InChI is InChI=1S/C13H26N4O/c1-12(2,3)11-9-17(16-15-11)8-10(18)7-14-13(4,5)6/h9-10,14,18H,7-8H2,1-6H3. The Hall–Kier alpha value is -0.940. The quantitative estimate of drug-likeness (QED) is 0.851. The van der Waals surface area contributed by atoms with Gasteiger partial charge in [0, 0.05) is 23.7 Å². The summed E-state index contributed by atoms with van der Waals surface area (Å²) in [4.78, 5) is 0. The highest BCUT2D eigenvalue weighted by molar-refractivity contribution is 5.06. The molecule has 1 atom stereocenters. The van der Waals surface area contributed by atoms with E-state index in [9.17, 15) is 5.11 Å². The van der Waals surface area contributed by atoms with Crippen LogP contribution >= 0.6 is 0 Å². The van der Waals surface area contributed by atoms with Gasteiger partial charge in [-0.1, -0.05) is 26.0 Å². The molecular weight excluding hydrogens is 228 g/mol. The molecule has 0 aliphatic rings. The van der Waals surface area contributed by atoms with Crippen molar-refractivity contribution in [2.45, 2.75) is 65.1 Å². The average Bonchev–Trinajstić information content (AvgIpc) is 2.61. The third kappa shape index (κ3) is 5.14. The van der Waals surface area contributed by atoms with Gasteiger partial charge in [0.15, 0.2) is 0 Å². The third-order valence-electron chi connectivity index (χ3n) is 2.57. The first-order valence-corrected chi connectivity index (χ1v) is 6.41. The molecule has 0 saturated heterocycles. The fraction of sp³-hybridized carbons (Fsp3) is 0.846. The molecule has 1 aromatic heterocycles. The number of β-amino-alcohol motifs (C(OH)–C–C–N with tert-alkyl or cyclic N) is 1. The van der Waals surface area contributed by atoms with E-state index in [4.69, 9.17) is 0 Å². The minimum absolute atomic E-state index is 0.00708. The van der Waals surface area contributed by atoms with Gasteiger partial charge in [-0.2, -0.15) is 0 Å². The maximum absolute atomic E-state index is 9.93. The van der Waals surface area contributed by atoms with Crippen LogP contribution < -0.4 is 5.32 Å². The molecule has 5 nitrogen and oxygen atoms in total. The van der Waals surface area contributed by atoms with Crippen LogP contribution in [0.4, 0.5) is 0 Å². The lowest BCUT2D eigenvalue weighted by Gasteiger charge is -2.22. The molecule has 0 aromatic carbocycles. The van der Waals surface area contributed by atoms with Crippen LogP contribution in [0.3, 0.4) is 0 Å². The van der Waals surface area contributed by atoms with Crippen LogP contribution in [-0.2, 0) is 12.0 Å². The van der Waals surface area contributed by atoms with Crippen molar-refractivity contribution in [2.75, 3.05) is 6.54 Å². The second-order valence-electron chi connectivity index (χ2n) is 6.86. The van der Waals surface area contributed by atoms with Crippen molar-refractivity contribution < 1.29 is 5.11 Å². The molecule has 0 fully saturated rings. The van der Waals surface area contributed by atoms with Crippen molar-refractivity contribution >= 4 is 0 Å². The first kappa shape index (κ1) is 15.1. The summed E-state index contributed by atoms with van der Waals surface area (Å²) in [6.45, 7) is 13.5. The average molecular weight is 254 g/mol. The number of nitrogens with zero attached hydrogens (tertiary/aromatic N) is 3. The molecule has 0 radical (unpaired) electrons. The zero-order valence-electron chi connectivity index (χ0n) is 12.4. The Balaban J connectivity index is 2.50. The summed E-state index contributed by atoms with van der Waals surface area (Å²) in [6, 6.07) is 0. The predicted octanol–water partition coefficient (Wildman–Crippen LogP) is 1.32. The first-order chi connectivity index (χ1) is 8.08. The van der Waals surface area contributed by atoms with E-state index >= 15 is 0 Å². The molecule has 1 heterocycles. The summed E-state index contributed by atoms with van der Waals surface area (Å²) in [5, 5.41) is 21.4. The van der Waals surface area contributed by atoms with Gasteiger partial charge >= 0.3 is 0 Å². The SMILES string of the molecule is CC(C)(C)NCC(O)Cn1cc(C(C)(C)C)nn1. The van der Waals surface area contributed by atoms with Gasteiger partial charge in [-0.15, -0.1) is 5.10 Å². The van der Waals surface area contributed by atoms with Crippen LogP contribution in [0.15, 0.2) is 6.20 Å². The zero-order chi connectivity index (χ0) is 14.0. The second-order valence-corrected chi connectivity index (χ2v) is 6.86. The van der Waals surface area contributed by atoms with E-state index in [0.29, 0.717) is 13.1 Å². The molecule has 0 bridgehead atoms. The predicted molar refractivity (Wildman–Crippen MR) is 72.5 cm³/mol. The Morgan fingerprint density at radius 2 is 1.89 bits per heavy atom. The van der Waals surface area contributed by atoms with Crippen molar-refractivity contribution in [2.24, 2.45) is 0 Å². The summed E-state index contributed by atoms with van der Waals surface area (Å²) in [5.41, 5.74) is 0.950. The van der Waals surface area contributed by atoms with Crippen LogP contribution in [0.5, 0.6) is 0 Å². The van der Waals surface area contributed by atoms with E-state index in [-0.39, 0.29) is 11.0 Å². The molecule has 1 unspecified atom stereocenters. The van der Waals surface area contributed by atoms with Crippen LogP contribution in [0.25, 0.3) is 0 Å². The Morgan fingerprint density at radius 3 is 2.33 bits per heavy atom. The van der Waals surface area contributed by atoms with Crippen molar-refractivity contribution in [3.63, 3.8) is 0 Å². The van der Waals surface area contributed by atoms with E-state index < -0.39 is 6.10 Å². The van der Waals surface area contributed by atoms with Gasteiger partial charge < -0.3 is 10.4 Å². The molecular formula is C13H26N4O. The summed E-state index contributed by atoms with van der Waals surface area (Å²) < 4.78 is 1.70. The van der Waals surface area contributed by atoms with E-state index in [0.717, 1.165) is 5.69 Å². The summed E-state index contributed by atoms with van der Waals surface area (Å²) in [6.07, 6.45) is 1.44. The van der Waals surface area contributed by atoms with Crippen LogP contribution in [0.1, 0.15) is 47.2 Å². The number of nitrogens with one attached hydrogen (secondary N) is 1. The zero-order valence-corrected chi connectivity index (χ0v) is 12.4. The number of aliphatic hydroxyl groups excluding tert-OH is 1. The molecule has 18 heavy (non-hydrogen) atoms. The van der Waals surface area contributed by atoms with E-state index in [1.165, 1.54) is 0 Å². The van der Waals surface area contributed by atoms with Gasteiger partial charge in [0.1, 0.15) is 0 Å². The Kier molecular flexibility index (Phi) is 4.50. The van der Waals surface area contributed by atoms with Gasteiger partial charge in [-0.05, 0) is 20.8 Å².